The second-order valence-electron chi connectivity index (χ2n) is 2.88. The SMILES string of the molecule is C1=CCc2ccccc2C=C[CH+]1. The molecule has 1 aliphatic carbocycles. The number of hydrogen-bond acceptors (Lipinski definition) is 0. The van der Waals surface area contributed by atoms with Crippen molar-refractivity contribution in [2.45, 2.75) is 6.42 Å². The lowest BCUT2D eigenvalue weighted by Gasteiger charge is -1.99. The molecule has 0 heteroatoms. The van der Waals surface area contributed by atoms with Gasteiger partial charge in [-0.2, -0.15) is 0 Å². The van der Waals surface area contributed by atoms with E-state index in [2.05, 4.69) is 55.0 Å². The van der Waals surface area contributed by atoms with Crippen molar-refractivity contribution in [1.29, 1.82) is 0 Å². The minimum atomic E-state index is 1.04. The standard InChI is InChI=1S/C12H11/c1-2-4-8-12-10-6-5-9-11(12)7-3-1/h1-7,9-10H,8H2/q+1. The number of fused-ring (bicyclic) bond motifs is 1. The van der Waals surface area contributed by atoms with Gasteiger partial charge in [0.25, 0.3) is 0 Å². The third kappa shape index (κ3) is 1.42. The Balaban J connectivity index is 2.44. The molecule has 0 aliphatic heterocycles. The highest BCUT2D eigenvalue weighted by atomic mass is 14.0. The van der Waals surface area contributed by atoms with Crippen LogP contribution in [0.3, 0.4) is 0 Å². The fourth-order valence-corrected chi connectivity index (χ4v) is 1.38. The van der Waals surface area contributed by atoms with Gasteiger partial charge in [0.2, 0.25) is 0 Å². The molecule has 0 atom stereocenters. The Hall–Kier alpha value is -1.43. The van der Waals surface area contributed by atoms with Gasteiger partial charge < -0.3 is 0 Å². The number of hydrogen-bond donors (Lipinski definition) is 0. The van der Waals surface area contributed by atoms with Gasteiger partial charge in [0.05, 0.1) is 0 Å². The zero-order valence-electron chi connectivity index (χ0n) is 6.90. The average molecular weight is 155 g/mol. The van der Waals surface area contributed by atoms with Crippen molar-refractivity contribution in [3.05, 3.63) is 60.0 Å². The molecule has 1 aromatic rings. The monoisotopic (exact) mass is 155 g/mol. The molecule has 0 amide bonds. The minimum Gasteiger partial charge on any atom is -0.0618 e. The zero-order valence-corrected chi connectivity index (χ0v) is 6.90. The van der Waals surface area contributed by atoms with Gasteiger partial charge in [-0.25, -0.2) is 0 Å². The normalized spacial score (nSPS) is 14.3. The summed E-state index contributed by atoms with van der Waals surface area (Å²) in [5.41, 5.74) is 2.73. The Morgan fingerprint density at radius 3 is 3.00 bits per heavy atom. The predicted molar refractivity (Wildman–Crippen MR) is 52.6 cm³/mol. The molecular weight excluding hydrogens is 144 g/mol. The number of allylic oxidation sites excluding steroid dienone is 3. The summed E-state index contributed by atoms with van der Waals surface area (Å²) in [7, 11) is 0. The Morgan fingerprint density at radius 2 is 2.00 bits per heavy atom. The second kappa shape index (κ2) is 3.31. The van der Waals surface area contributed by atoms with Crippen molar-refractivity contribution in [3.8, 4) is 0 Å². The first-order valence-electron chi connectivity index (χ1n) is 4.21. The molecule has 0 saturated heterocycles. The van der Waals surface area contributed by atoms with Crippen molar-refractivity contribution in [1.82, 2.24) is 0 Å². The maximum absolute atomic E-state index is 2.18. The quantitative estimate of drug-likeness (QED) is 0.505. The van der Waals surface area contributed by atoms with Crippen LogP contribution in [0.15, 0.2) is 42.5 Å². The molecule has 0 bridgehead atoms. The lowest BCUT2D eigenvalue weighted by Crippen LogP contribution is -1.87. The molecule has 2 rings (SSSR count). The molecule has 58 valence electrons. The van der Waals surface area contributed by atoms with Crippen LogP contribution in [0.2, 0.25) is 0 Å². The van der Waals surface area contributed by atoms with E-state index in [0.717, 1.165) is 6.42 Å². The van der Waals surface area contributed by atoms with Gasteiger partial charge in [-0.1, -0.05) is 18.2 Å². The first-order chi connectivity index (χ1) is 5.97. The van der Waals surface area contributed by atoms with E-state index in [9.17, 15) is 0 Å². The van der Waals surface area contributed by atoms with Crippen LogP contribution in [0.5, 0.6) is 0 Å². The van der Waals surface area contributed by atoms with Crippen LogP contribution >= 0.6 is 0 Å². The van der Waals surface area contributed by atoms with Crippen molar-refractivity contribution >= 4 is 6.08 Å². The Bertz CT molecular complexity index is 319. The highest BCUT2D eigenvalue weighted by Gasteiger charge is 2.01. The van der Waals surface area contributed by atoms with Crippen molar-refractivity contribution < 1.29 is 0 Å². The summed E-state index contributed by atoms with van der Waals surface area (Å²) in [5.74, 6) is 0. The Kier molecular flexibility index (Phi) is 2.00. The summed E-state index contributed by atoms with van der Waals surface area (Å²) in [6.07, 6.45) is 11.6. The van der Waals surface area contributed by atoms with Gasteiger partial charge in [0, 0.05) is 42.7 Å². The average Bonchev–Trinajstić information content (AvgIpc) is 2.06. The third-order valence-electron chi connectivity index (χ3n) is 2.03. The van der Waals surface area contributed by atoms with Gasteiger partial charge in [-0.15, -0.1) is 0 Å². The highest BCUT2D eigenvalue weighted by molar-refractivity contribution is 5.56. The molecular formula is C12H11+. The lowest BCUT2D eigenvalue weighted by atomic mass is 10.0. The molecule has 0 unspecified atom stereocenters. The molecule has 1 aliphatic rings. The van der Waals surface area contributed by atoms with Crippen LogP contribution in [0.4, 0.5) is 0 Å². The molecule has 0 spiro atoms. The molecule has 1 aromatic carbocycles. The summed E-state index contributed by atoms with van der Waals surface area (Å²) in [4.78, 5) is 0. The smallest absolute Gasteiger partial charge is 0.0473 e. The maximum Gasteiger partial charge on any atom is 0.0473 e. The van der Waals surface area contributed by atoms with Crippen molar-refractivity contribution in [2.24, 2.45) is 0 Å². The molecule has 0 heterocycles. The van der Waals surface area contributed by atoms with Crippen LogP contribution in [0, 0.1) is 6.42 Å². The first-order valence-corrected chi connectivity index (χ1v) is 4.21. The molecule has 0 saturated carbocycles. The van der Waals surface area contributed by atoms with Crippen LogP contribution in [-0.4, -0.2) is 0 Å². The molecule has 0 radical (unpaired) electrons. The van der Waals surface area contributed by atoms with E-state index >= 15 is 0 Å². The Labute approximate surface area is 73.2 Å². The van der Waals surface area contributed by atoms with E-state index in [1.807, 2.05) is 0 Å². The zero-order chi connectivity index (χ0) is 8.23. The largest absolute Gasteiger partial charge is 0.0618 e. The highest BCUT2D eigenvalue weighted by Crippen LogP contribution is 2.14. The van der Waals surface area contributed by atoms with E-state index in [0.29, 0.717) is 0 Å². The predicted octanol–water partition coefficient (Wildman–Crippen LogP) is 3.02. The van der Waals surface area contributed by atoms with E-state index < -0.39 is 0 Å². The van der Waals surface area contributed by atoms with Crippen LogP contribution < -0.4 is 0 Å². The van der Waals surface area contributed by atoms with Gasteiger partial charge in [-0.3, -0.25) is 0 Å². The topological polar surface area (TPSA) is 0 Å². The molecule has 0 aromatic heterocycles. The van der Waals surface area contributed by atoms with Crippen LogP contribution in [0.1, 0.15) is 11.1 Å². The molecule has 0 nitrogen and oxygen atoms in total. The van der Waals surface area contributed by atoms with E-state index in [1.165, 1.54) is 11.1 Å². The summed E-state index contributed by atoms with van der Waals surface area (Å²) in [6.45, 7) is 0. The molecule has 12 heavy (non-hydrogen) atoms. The first kappa shape index (κ1) is 7.23. The van der Waals surface area contributed by atoms with Crippen LogP contribution in [-0.2, 0) is 6.42 Å². The van der Waals surface area contributed by atoms with Gasteiger partial charge in [0.15, 0.2) is 0 Å². The van der Waals surface area contributed by atoms with E-state index in [-0.39, 0.29) is 0 Å². The maximum atomic E-state index is 2.18. The van der Waals surface area contributed by atoms with Crippen LogP contribution in [0.25, 0.3) is 6.08 Å². The lowest BCUT2D eigenvalue weighted by molar-refractivity contribution is 1.25. The summed E-state index contributed by atoms with van der Waals surface area (Å²) >= 11 is 0. The number of benzene rings is 1. The van der Waals surface area contributed by atoms with Gasteiger partial charge in [0.1, 0.15) is 0 Å². The fraction of sp³-hybridized carbons (Fsp3) is 0.0833. The minimum absolute atomic E-state index is 1.04. The van der Waals surface area contributed by atoms with E-state index in [4.69, 9.17) is 0 Å². The fourth-order valence-electron chi connectivity index (χ4n) is 1.38. The van der Waals surface area contributed by atoms with Gasteiger partial charge >= 0.3 is 0 Å². The molecule has 0 N–H and O–H groups in total. The second-order valence-corrected chi connectivity index (χ2v) is 2.88. The molecule has 0 fully saturated rings. The third-order valence-corrected chi connectivity index (χ3v) is 2.03. The Morgan fingerprint density at radius 1 is 1.08 bits per heavy atom. The van der Waals surface area contributed by atoms with Crippen molar-refractivity contribution in [3.63, 3.8) is 0 Å². The number of rotatable bonds is 0. The van der Waals surface area contributed by atoms with E-state index in [1.54, 1.807) is 0 Å². The summed E-state index contributed by atoms with van der Waals surface area (Å²) in [5, 5.41) is 0. The summed E-state index contributed by atoms with van der Waals surface area (Å²) in [6, 6.07) is 8.49. The van der Waals surface area contributed by atoms with Crippen molar-refractivity contribution in [2.75, 3.05) is 0 Å². The summed E-state index contributed by atoms with van der Waals surface area (Å²) < 4.78 is 0. The van der Waals surface area contributed by atoms with Gasteiger partial charge in [-0.05, 0) is 11.6 Å².